The monoisotopic (exact) mass is 504 g/mol. The number of thiazole rings is 1. The van der Waals surface area contributed by atoms with Crippen LogP contribution in [0.5, 0.6) is 0 Å². The minimum atomic E-state index is -0.460. The molecular weight excluding hydrogens is 484 g/mol. The SMILES string of the molecule is Cc1csc(=Nc2cccnc2)n1N=Cc1cn(-c2ccccc2)nc1-c1cc2ccccc2oc1=O. The fourth-order valence-corrected chi connectivity index (χ4v) is 4.71. The number of benzene rings is 2. The van der Waals surface area contributed by atoms with E-state index in [-0.39, 0.29) is 0 Å². The Balaban J connectivity index is 1.50. The van der Waals surface area contributed by atoms with Crippen LogP contribution in [0.15, 0.2) is 116 Å². The lowest BCUT2D eigenvalue weighted by atomic mass is 10.1. The van der Waals surface area contributed by atoms with Crippen molar-refractivity contribution in [3.8, 4) is 16.9 Å². The maximum absolute atomic E-state index is 13.0. The van der Waals surface area contributed by atoms with Gasteiger partial charge in [-0.15, -0.1) is 11.3 Å². The van der Waals surface area contributed by atoms with Crippen molar-refractivity contribution in [1.29, 1.82) is 0 Å². The minimum Gasteiger partial charge on any atom is -0.422 e. The van der Waals surface area contributed by atoms with Gasteiger partial charge in [0.2, 0.25) is 4.80 Å². The molecule has 0 bridgehead atoms. The molecule has 9 heteroatoms. The lowest BCUT2D eigenvalue weighted by Crippen LogP contribution is -2.11. The second-order valence-corrected chi connectivity index (χ2v) is 9.07. The molecule has 0 N–H and O–H groups in total. The molecule has 0 atom stereocenters. The number of aromatic nitrogens is 4. The van der Waals surface area contributed by atoms with E-state index in [1.807, 2.05) is 85.2 Å². The summed E-state index contributed by atoms with van der Waals surface area (Å²) in [5.41, 5.74) is 4.09. The summed E-state index contributed by atoms with van der Waals surface area (Å²) < 4.78 is 9.09. The molecule has 0 aliphatic carbocycles. The van der Waals surface area contributed by atoms with Crippen molar-refractivity contribution in [3.63, 3.8) is 0 Å². The van der Waals surface area contributed by atoms with Gasteiger partial charge >= 0.3 is 5.63 Å². The van der Waals surface area contributed by atoms with Crippen molar-refractivity contribution >= 4 is 34.2 Å². The van der Waals surface area contributed by atoms with Crippen LogP contribution < -0.4 is 10.4 Å². The maximum Gasteiger partial charge on any atom is 0.345 e. The Morgan fingerprint density at radius 2 is 1.86 bits per heavy atom. The highest BCUT2D eigenvalue weighted by molar-refractivity contribution is 7.07. The minimum absolute atomic E-state index is 0.363. The Labute approximate surface area is 215 Å². The van der Waals surface area contributed by atoms with Gasteiger partial charge in [0.05, 0.1) is 35.0 Å². The van der Waals surface area contributed by atoms with Crippen LogP contribution in [-0.2, 0) is 0 Å². The van der Waals surface area contributed by atoms with Gasteiger partial charge in [-0.25, -0.2) is 19.1 Å². The van der Waals surface area contributed by atoms with E-state index in [4.69, 9.17) is 14.6 Å². The Morgan fingerprint density at radius 1 is 1.03 bits per heavy atom. The molecule has 2 aromatic carbocycles. The quantitative estimate of drug-likeness (QED) is 0.235. The maximum atomic E-state index is 13.0. The van der Waals surface area contributed by atoms with Crippen molar-refractivity contribution in [2.45, 2.75) is 6.92 Å². The average Bonchev–Trinajstić information content (AvgIpc) is 3.51. The first kappa shape index (κ1) is 22.6. The van der Waals surface area contributed by atoms with Gasteiger partial charge in [0.25, 0.3) is 0 Å². The van der Waals surface area contributed by atoms with Crippen LogP contribution in [0, 0.1) is 6.92 Å². The van der Waals surface area contributed by atoms with Gasteiger partial charge in [-0.2, -0.15) is 10.2 Å². The van der Waals surface area contributed by atoms with E-state index >= 15 is 0 Å². The van der Waals surface area contributed by atoms with Gasteiger partial charge in [-0.05, 0) is 43.3 Å². The molecule has 8 nitrogen and oxygen atoms in total. The Bertz CT molecular complexity index is 1860. The smallest absolute Gasteiger partial charge is 0.345 e. The highest BCUT2D eigenvalue weighted by Gasteiger charge is 2.17. The molecule has 4 aromatic heterocycles. The van der Waals surface area contributed by atoms with Gasteiger partial charge in [-0.3, -0.25) is 4.98 Å². The molecule has 0 fully saturated rings. The van der Waals surface area contributed by atoms with E-state index in [1.165, 1.54) is 11.3 Å². The average molecular weight is 505 g/mol. The fourth-order valence-electron chi connectivity index (χ4n) is 3.88. The number of aryl methyl sites for hydroxylation is 1. The molecule has 0 saturated heterocycles. The van der Waals surface area contributed by atoms with Crippen molar-refractivity contribution < 1.29 is 4.42 Å². The van der Waals surface area contributed by atoms with Crippen LogP contribution in [0.4, 0.5) is 5.69 Å². The van der Waals surface area contributed by atoms with Gasteiger partial charge in [-0.1, -0.05) is 36.4 Å². The van der Waals surface area contributed by atoms with Crippen LogP contribution >= 0.6 is 11.3 Å². The summed E-state index contributed by atoms with van der Waals surface area (Å²) in [4.78, 5) is 22.5. The lowest BCUT2D eigenvalue weighted by Gasteiger charge is -2.02. The number of fused-ring (bicyclic) bond motifs is 1. The molecule has 0 aliphatic rings. The van der Waals surface area contributed by atoms with E-state index in [2.05, 4.69) is 9.98 Å². The van der Waals surface area contributed by atoms with E-state index in [1.54, 1.807) is 34.0 Å². The van der Waals surface area contributed by atoms with Gasteiger partial charge in [0.15, 0.2) is 0 Å². The summed E-state index contributed by atoms with van der Waals surface area (Å²) in [5.74, 6) is 0. The standard InChI is InChI=1S/C28H20N6O2S/c1-19-18-37-28(31-22-9-7-13-29-16-22)34(19)30-15-21-17-33(23-10-3-2-4-11-23)32-26(21)24-14-20-8-5-6-12-25(20)36-27(24)35/h2-18H,1H3. The molecule has 6 aromatic rings. The van der Waals surface area contributed by atoms with Gasteiger partial charge in [0.1, 0.15) is 11.3 Å². The van der Waals surface area contributed by atoms with Crippen molar-refractivity contribution in [2.24, 2.45) is 10.1 Å². The molecule has 0 saturated carbocycles. The molecule has 180 valence electrons. The number of nitrogens with zero attached hydrogens (tertiary/aromatic N) is 6. The zero-order chi connectivity index (χ0) is 25.2. The molecule has 0 unspecified atom stereocenters. The summed E-state index contributed by atoms with van der Waals surface area (Å²) in [7, 11) is 0. The second-order valence-electron chi connectivity index (χ2n) is 8.24. The molecule has 0 radical (unpaired) electrons. The van der Waals surface area contributed by atoms with Crippen molar-refractivity contribution in [3.05, 3.63) is 123 Å². The number of rotatable bonds is 5. The summed E-state index contributed by atoms with van der Waals surface area (Å²) in [5, 5.41) is 12.3. The van der Waals surface area contributed by atoms with E-state index in [0.29, 0.717) is 27.2 Å². The van der Waals surface area contributed by atoms with E-state index in [0.717, 1.165) is 22.5 Å². The summed E-state index contributed by atoms with van der Waals surface area (Å²) >= 11 is 1.48. The van der Waals surface area contributed by atoms with Crippen LogP contribution in [0.1, 0.15) is 11.3 Å². The summed E-state index contributed by atoms with van der Waals surface area (Å²) in [6.07, 6.45) is 6.95. The highest BCUT2D eigenvalue weighted by Crippen LogP contribution is 2.24. The predicted molar refractivity (Wildman–Crippen MR) is 145 cm³/mol. The van der Waals surface area contributed by atoms with E-state index in [9.17, 15) is 4.79 Å². The third-order valence-electron chi connectivity index (χ3n) is 5.69. The topological polar surface area (TPSA) is 90.6 Å². The Morgan fingerprint density at radius 3 is 2.70 bits per heavy atom. The fraction of sp³-hybridized carbons (Fsp3) is 0.0357. The third-order valence-corrected chi connectivity index (χ3v) is 6.63. The second kappa shape index (κ2) is 9.63. The van der Waals surface area contributed by atoms with Crippen molar-refractivity contribution in [1.82, 2.24) is 19.4 Å². The van der Waals surface area contributed by atoms with Crippen molar-refractivity contribution in [2.75, 3.05) is 0 Å². The first-order valence-electron chi connectivity index (χ1n) is 11.5. The predicted octanol–water partition coefficient (Wildman–Crippen LogP) is 5.33. The molecule has 4 heterocycles. The largest absolute Gasteiger partial charge is 0.422 e. The van der Waals surface area contributed by atoms with Crippen LogP contribution in [0.25, 0.3) is 27.9 Å². The first-order chi connectivity index (χ1) is 18.2. The molecule has 0 aliphatic heterocycles. The van der Waals surface area contributed by atoms with Crippen LogP contribution in [-0.4, -0.2) is 25.7 Å². The van der Waals surface area contributed by atoms with Gasteiger partial charge < -0.3 is 4.42 Å². The number of hydrogen-bond acceptors (Lipinski definition) is 7. The van der Waals surface area contributed by atoms with Gasteiger partial charge in [0, 0.05) is 28.7 Å². The number of pyridine rings is 1. The van der Waals surface area contributed by atoms with Crippen LogP contribution in [0.3, 0.4) is 0 Å². The molecule has 6 rings (SSSR count). The highest BCUT2D eigenvalue weighted by atomic mass is 32.1. The molecular formula is C28H20N6O2S. The first-order valence-corrected chi connectivity index (χ1v) is 12.4. The lowest BCUT2D eigenvalue weighted by molar-refractivity contribution is 0.563. The molecule has 0 amide bonds. The number of para-hydroxylation sites is 2. The Kier molecular flexibility index (Phi) is 5.88. The molecule has 0 spiro atoms. The Hall–Kier alpha value is -4.89. The van der Waals surface area contributed by atoms with Crippen LogP contribution in [0.2, 0.25) is 0 Å². The third kappa shape index (κ3) is 4.55. The van der Waals surface area contributed by atoms with E-state index < -0.39 is 5.63 Å². The zero-order valence-electron chi connectivity index (χ0n) is 19.7. The molecule has 37 heavy (non-hydrogen) atoms. The summed E-state index contributed by atoms with van der Waals surface area (Å²) in [6, 6.07) is 22.7. The zero-order valence-corrected chi connectivity index (χ0v) is 20.5. The normalized spacial score (nSPS) is 12.1. The summed E-state index contributed by atoms with van der Waals surface area (Å²) in [6.45, 7) is 1.96. The number of hydrogen-bond donors (Lipinski definition) is 0.